The summed E-state index contributed by atoms with van der Waals surface area (Å²) in [6, 6.07) is 0. The van der Waals surface area contributed by atoms with Crippen molar-refractivity contribution >= 4 is 0 Å². The molecule has 0 amide bonds. The van der Waals surface area contributed by atoms with Crippen LogP contribution in [0.1, 0.15) is 168 Å². The summed E-state index contributed by atoms with van der Waals surface area (Å²) in [5.41, 5.74) is 0. The zero-order valence-corrected chi connectivity index (χ0v) is 26.8. The zero-order valence-electron chi connectivity index (χ0n) is 26.8. The Labute approximate surface area is 244 Å². The number of nitrogens with zero attached hydrogens (tertiary/aromatic N) is 1. The highest BCUT2D eigenvalue weighted by atomic mass is 16.4. The molecule has 0 aromatic carbocycles. The molecule has 0 radical (unpaired) electrons. The molecule has 236 valence electrons. The molecular weight excluding hydrogens is 486 g/mol. The van der Waals surface area contributed by atoms with Gasteiger partial charge in [-0.25, -0.2) is 0 Å². The monoisotopic (exact) mass is 559 g/mol. The largest absolute Gasteiger partial charge is 0.394 e. The summed E-state index contributed by atoms with van der Waals surface area (Å²) in [6.07, 6.45) is 28.3. The molecule has 0 aliphatic heterocycles. The quantitative estimate of drug-likeness (QED) is 0.0515. The van der Waals surface area contributed by atoms with Gasteiger partial charge < -0.3 is 24.9 Å². The number of hydrogen-bond acceptors (Lipinski definition) is 4. The Hall–Kier alpha value is -0.200. The molecule has 3 atom stereocenters. The summed E-state index contributed by atoms with van der Waals surface area (Å²) >= 11 is 0. The van der Waals surface area contributed by atoms with E-state index in [-0.39, 0.29) is 0 Å². The SMILES string of the molecule is CCCCCCCCCCCCCC[N+](C)(CCCCCCCCCCCCCC)CC(O)C(O)C(O)CO. The van der Waals surface area contributed by atoms with Crippen molar-refractivity contribution in [3.05, 3.63) is 0 Å². The van der Waals surface area contributed by atoms with Crippen LogP contribution >= 0.6 is 0 Å². The number of quaternary nitrogens is 1. The summed E-state index contributed by atoms with van der Waals surface area (Å²) in [5, 5.41) is 39.8. The summed E-state index contributed by atoms with van der Waals surface area (Å²) in [4.78, 5) is 0. The van der Waals surface area contributed by atoms with E-state index in [9.17, 15) is 20.4 Å². The van der Waals surface area contributed by atoms with Crippen molar-refractivity contribution in [2.75, 3.05) is 33.3 Å². The van der Waals surface area contributed by atoms with Crippen LogP contribution < -0.4 is 0 Å². The van der Waals surface area contributed by atoms with Crippen molar-refractivity contribution in [2.24, 2.45) is 0 Å². The Morgan fingerprint density at radius 1 is 0.436 bits per heavy atom. The van der Waals surface area contributed by atoms with Crippen molar-refractivity contribution in [3.8, 4) is 0 Å². The van der Waals surface area contributed by atoms with Crippen LogP contribution in [0, 0.1) is 0 Å². The van der Waals surface area contributed by atoms with E-state index in [0.29, 0.717) is 6.54 Å². The van der Waals surface area contributed by atoms with Gasteiger partial charge in [-0.3, -0.25) is 0 Å². The van der Waals surface area contributed by atoms with Crippen LogP contribution in [0.5, 0.6) is 0 Å². The van der Waals surface area contributed by atoms with Crippen molar-refractivity contribution < 1.29 is 24.9 Å². The molecule has 5 heteroatoms. The highest BCUT2D eigenvalue weighted by molar-refractivity contribution is 4.74. The Morgan fingerprint density at radius 2 is 0.718 bits per heavy atom. The van der Waals surface area contributed by atoms with Crippen LogP contribution in [0.2, 0.25) is 0 Å². The second-order valence-corrected chi connectivity index (χ2v) is 12.8. The van der Waals surface area contributed by atoms with Crippen molar-refractivity contribution in [3.63, 3.8) is 0 Å². The summed E-state index contributed by atoms with van der Waals surface area (Å²) in [5.74, 6) is 0. The lowest BCUT2D eigenvalue weighted by Gasteiger charge is -2.38. The molecular formula is C34H72NO4+. The van der Waals surface area contributed by atoms with E-state index in [1.807, 2.05) is 0 Å². The van der Waals surface area contributed by atoms with Crippen LogP contribution in [0.3, 0.4) is 0 Å². The van der Waals surface area contributed by atoms with Crippen LogP contribution in [0.25, 0.3) is 0 Å². The fourth-order valence-electron chi connectivity index (χ4n) is 5.89. The first kappa shape index (κ1) is 38.8. The average Bonchev–Trinajstić information content (AvgIpc) is 2.93. The molecule has 0 bridgehead atoms. The van der Waals surface area contributed by atoms with Crippen LogP contribution in [0.4, 0.5) is 0 Å². The molecule has 0 fully saturated rings. The third kappa shape index (κ3) is 24.1. The van der Waals surface area contributed by atoms with E-state index >= 15 is 0 Å². The number of unbranched alkanes of at least 4 members (excludes halogenated alkanes) is 22. The van der Waals surface area contributed by atoms with Gasteiger partial charge >= 0.3 is 0 Å². The topological polar surface area (TPSA) is 80.9 Å². The molecule has 39 heavy (non-hydrogen) atoms. The Balaban J connectivity index is 4.21. The predicted octanol–water partition coefficient (Wildman–Crippen LogP) is 7.91. The van der Waals surface area contributed by atoms with Gasteiger partial charge in [-0.05, 0) is 25.7 Å². The second-order valence-electron chi connectivity index (χ2n) is 12.8. The first-order valence-electron chi connectivity index (χ1n) is 17.4. The van der Waals surface area contributed by atoms with Gasteiger partial charge in [0, 0.05) is 0 Å². The minimum absolute atomic E-state index is 0.425. The van der Waals surface area contributed by atoms with Crippen LogP contribution in [-0.2, 0) is 0 Å². The fraction of sp³-hybridized carbons (Fsp3) is 1.00. The first-order valence-corrected chi connectivity index (χ1v) is 17.4. The molecule has 3 unspecified atom stereocenters. The second kappa shape index (κ2) is 27.9. The minimum Gasteiger partial charge on any atom is -0.394 e. The number of hydrogen-bond donors (Lipinski definition) is 4. The van der Waals surface area contributed by atoms with E-state index in [1.54, 1.807) is 0 Å². The molecule has 0 aromatic heterocycles. The summed E-state index contributed by atoms with van der Waals surface area (Å²) < 4.78 is 0.728. The predicted molar refractivity (Wildman–Crippen MR) is 168 cm³/mol. The van der Waals surface area contributed by atoms with E-state index in [4.69, 9.17) is 0 Å². The number of rotatable bonds is 31. The molecule has 0 saturated carbocycles. The number of aliphatic hydroxyl groups is 4. The zero-order chi connectivity index (χ0) is 29.0. The third-order valence-electron chi connectivity index (χ3n) is 8.71. The smallest absolute Gasteiger partial charge is 0.131 e. The molecule has 4 N–H and O–H groups in total. The molecule has 0 rings (SSSR count). The number of aliphatic hydroxyl groups excluding tert-OH is 4. The third-order valence-corrected chi connectivity index (χ3v) is 8.71. The van der Waals surface area contributed by atoms with E-state index < -0.39 is 24.9 Å². The summed E-state index contributed by atoms with van der Waals surface area (Å²) in [7, 11) is 2.19. The van der Waals surface area contributed by atoms with Gasteiger partial charge in [0.2, 0.25) is 0 Å². The maximum atomic E-state index is 10.6. The lowest BCUT2D eigenvalue weighted by Crippen LogP contribution is -2.54. The minimum atomic E-state index is -1.30. The summed E-state index contributed by atoms with van der Waals surface area (Å²) in [6.45, 7) is 6.43. The van der Waals surface area contributed by atoms with E-state index in [2.05, 4.69) is 20.9 Å². The van der Waals surface area contributed by atoms with Gasteiger partial charge in [0.15, 0.2) is 0 Å². The maximum Gasteiger partial charge on any atom is 0.131 e. The van der Waals surface area contributed by atoms with Gasteiger partial charge in [0.25, 0.3) is 0 Å². The first-order chi connectivity index (χ1) is 18.9. The highest BCUT2D eigenvalue weighted by Gasteiger charge is 2.32. The van der Waals surface area contributed by atoms with Gasteiger partial charge in [-0.1, -0.05) is 142 Å². The molecule has 0 saturated heterocycles. The highest BCUT2D eigenvalue weighted by Crippen LogP contribution is 2.18. The lowest BCUT2D eigenvalue weighted by atomic mass is 10.0. The normalized spacial score (nSPS) is 14.5. The van der Waals surface area contributed by atoms with Crippen molar-refractivity contribution in [2.45, 2.75) is 186 Å². The van der Waals surface area contributed by atoms with Crippen LogP contribution in [-0.4, -0.2) is 76.5 Å². The molecule has 0 heterocycles. The maximum absolute atomic E-state index is 10.6. The molecule has 0 spiro atoms. The van der Waals surface area contributed by atoms with Gasteiger partial charge in [-0.15, -0.1) is 0 Å². The van der Waals surface area contributed by atoms with Gasteiger partial charge in [-0.2, -0.15) is 0 Å². The van der Waals surface area contributed by atoms with Crippen LogP contribution in [0.15, 0.2) is 0 Å². The molecule has 0 aliphatic carbocycles. The Kier molecular flexibility index (Phi) is 27.8. The number of likely N-dealkylation sites (N-methyl/N-ethyl adjacent to an activating group) is 1. The van der Waals surface area contributed by atoms with E-state index in [1.165, 1.54) is 141 Å². The molecule has 0 aromatic rings. The molecule has 0 aliphatic rings. The fourth-order valence-corrected chi connectivity index (χ4v) is 5.89. The van der Waals surface area contributed by atoms with E-state index in [0.717, 1.165) is 30.4 Å². The van der Waals surface area contributed by atoms with Gasteiger partial charge in [0.05, 0.1) is 26.7 Å². The lowest BCUT2D eigenvalue weighted by molar-refractivity contribution is -0.913. The van der Waals surface area contributed by atoms with Crippen molar-refractivity contribution in [1.82, 2.24) is 0 Å². The Morgan fingerprint density at radius 3 is 1.00 bits per heavy atom. The Bertz CT molecular complexity index is 462. The molecule has 5 nitrogen and oxygen atoms in total. The van der Waals surface area contributed by atoms with Crippen molar-refractivity contribution in [1.29, 1.82) is 0 Å². The van der Waals surface area contributed by atoms with Gasteiger partial charge in [0.1, 0.15) is 24.9 Å². The standard InChI is InChI=1S/C34H72NO4/c1-4-6-8-10-12-14-16-18-20-22-24-26-28-35(3,30-32(37)34(39)33(38)31-36)29-27-25-23-21-19-17-15-13-11-9-7-5-2/h32-34,36-39H,4-31H2,1-3H3/q+1. The average molecular weight is 559 g/mol.